The lowest BCUT2D eigenvalue weighted by atomic mass is 9.44. The van der Waals surface area contributed by atoms with Gasteiger partial charge in [0, 0.05) is 36.1 Å². The van der Waals surface area contributed by atoms with Crippen LogP contribution in [-0.4, -0.2) is 52.6 Å². The van der Waals surface area contributed by atoms with E-state index in [1.807, 2.05) is 6.08 Å². The Balaban J connectivity index is 1.31. The van der Waals surface area contributed by atoms with Gasteiger partial charge in [0.2, 0.25) is 0 Å². The molecule has 2 amide bonds. The number of methoxy groups -OCH3 is 1. The van der Waals surface area contributed by atoms with Crippen molar-refractivity contribution in [1.82, 2.24) is 9.99 Å². The number of ketones is 2. The molecular formula is C42H33ClF3N3O6. The minimum atomic E-state index is -4.82. The number of imide groups is 1. The van der Waals surface area contributed by atoms with Crippen LogP contribution >= 0.6 is 11.6 Å². The molecule has 1 saturated carbocycles. The maximum Gasteiger partial charge on any atom is 0.433 e. The van der Waals surface area contributed by atoms with Gasteiger partial charge >= 0.3 is 6.18 Å². The highest BCUT2D eigenvalue weighted by Gasteiger charge is 2.66. The second-order valence-corrected chi connectivity index (χ2v) is 14.6. The Kier molecular flexibility index (Phi) is 8.71. The third-order valence-corrected chi connectivity index (χ3v) is 11.9. The molecule has 0 spiro atoms. The lowest BCUT2D eigenvalue weighted by Gasteiger charge is -2.55. The highest BCUT2D eigenvalue weighted by atomic mass is 35.5. The molecule has 8 rings (SSSR count). The normalized spacial score (nSPS) is 26.1. The maximum absolute atomic E-state index is 15.1. The summed E-state index contributed by atoms with van der Waals surface area (Å²) in [5.41, 5.74) is -0.611. The van der Waals surface area contributed by atoms with Crippen molar-refractivity contribution in [1.29, 1.82) is 0 Å². The summed E-state index contributed by atoms with van der Waals surface area (Å²) in [5.74, 6) is -7.19. The Bertz CT molecular complexity index is 2330. The van der Waals surface area contributed by atoms with Crippen LogP contribution in [0.4, 0.5) is 19.0 Å². The number of Topliss-reactive ketones (excluding diaryl/α,β-unsaturated/α-hetero) is 1. The lowest BCUT2D eigenvalue weighted by Crippen LogP contribution is -2.59. The van der Waals surface area contributed by atoms with Gasteiger partial charge in [-0.2, -0.15) is 18.2 Å². The van der Waals surface area contributed by atoms with Crippen LogP contribution < -0.4 is 9.75 Å². The molecule has 1 aromatic heterocycles. The number of carbonyl (C=O) groups is 4. The number of carbonyl (C=O) groups excluding carboxylic acids is 4. The van der Waals surface area contributed by atoms with Crippen LogP contribution in [0.25, 0.3) is 5.57 Å². The average molecular weight is 768 g/mol. The summed E-state index contributed by atoms with van der Waals surface area (Å²) in [5, 5.41) is 13.2. The van der Waals surface area contributed by atoms with Crippen molar-refractivity contribution in [2.45, 2.75) is 30.4 Å². The Labute approximate surface area is 318 Å². The summed E-state index contributed by atoms with van der Waals surface area (Å²) in [6.45, 7) is 0. The van der Waals surface area contributed by atoms with Crippen molar-refractivity contribution in [3.63, 3.8) is 0 Å². The minimum Gasteiger partial charge on any atom is -0.508 e. The molecule has 4 aliphatic rings. The highest BCUT2D eigenvalue weighted by Crippen LogP contribution is 2.64. The molecule has 1 N–H and O–H groups in total. The van der Waals surface area contributed by atoms with E-state index in [0.717, 1.165) is 16.1 Å². The SMILES string of the molecule is COc1ccc([C@H]2C3=CC[C@@H]4C(=O)N(N(C)c5nc(C(F)(F)F)ccc5Cl)C(=O)[C@@H]4[C@@H]3C[C@H]3C(=O)C(c4ccccc4)=CC(=O)[C@@]23c2ccccc2)c(O)c1. The zero-order valence-electron chi connectivity index (χ0n) is 29.5. The van der Waals surface area contributed by atoms with Crippen LogP contribution in [0.1, 0.15) is 41.1 Å². The number of rotatable bonds is 6. The fourth-order valence-corrected chi connectivity index (χ4v) is 9.53. The second kappa shape index (κ2) is 13.2. The minimum absolute atomic E-state index is 0.0107. The third kappa shape index (κ3) is 5.48. The second-order valence-electron chi connectivity index (χ2n) is 14.2. The maximum atomic E-state index is 15.1. The number of alkyl halides is 3. The summed E-state index contributed by atoms with van der Waals surface area (Å²) >= 11 is 6.31. The number of benzene rings is 3. The van der Waals surface area contributed by atoms with E-state index in [0.29, 0.717) is 34.1 Å². The molecule has 55 heavy (non-hydrogen) atoms. The fraction of sp³-hybridized carbons (Fsp3) is 0.262. The number of amides is 2. The molecule has 3 aliphatic carbocycles. The van der Waals surface area contributed by atoms with E-state index in [2.05, 4.69) is 4.98 Å². The van der Waals surface area contributed by atoms with E-state index in [1.54, 1.807) is 72.8 Å². The molecule has 280 valence electrons. The average Bonchev–Trinajstić information content (AvgIpc) is 3.44. The number of aromatic hydroxyl groups is 1. The van der Waals surface area contributed by atoms with Crippen molar-refractivity contribution < 1.29 is 42.2 Å². The van der Waals surface area contributed by atoms with Gasteiger partial charge in [0.15, 0.2) is 17.4 Å². The Morgan fingerprint density at radius 3 is 2.27 bits per heavy atom. The number of allylic oxidation sites excluding steroid dienone is 4. The Morgan fingerprint density at radius 1 is 0.927 bits per heavy atom. The predicted molar refractivity (Wildman–Crippen MR) is 196 cm³/mol. The van der Waals surface area contributed by atoms with E-state index in [4.69, 9.17) is 16.3 Å². The Morgan fingerprint density at radius 2 is 1.62 bits per heavy atom. The van der Waals surface area contributed by atoms with Crippen molar-refractivity contribution in [3.8, 4) is 11.5 Å². The van der Waals surface area contributed by atoms with E-state index in [1.165, 1.54) is 26.3 Å². The topological polar surface area (TPSA) is 117 Å². The molecule has 0 bridgehead atoms. The Hall–Kier alpha value is -5.75. The number of aromatic nitrogens is 1. The molecule has 2 heterocycles. The molecule has 2 fully saturated rings. The largest absolute Gasteiger partial charge is 0.508 e. The number of hydrogen-bond acceptors (Lipinski definition) is 8. The number of pyridine rings is 1. The molecule has 4 aromatic rings. The first-order valence-electron chi connectivity index (χ1n) is 17.6. The van der Waals surface area contributed by atoms with Crippen molar-refractivity contribution in [3.05, 3.63) is 136 Å². The molecule has 1 saturated heterocycles. The first-order valence-corrected chi connectivity index (χ1v) is 18.0. The molecule has 0 radical (unpaired) electrons. The number of anilines is 1. The number of hydrogen-bond donors (Lipinski definition) is 1. The molecule has 13 heteroatoms. The zero-order chi connectivity index (χ0) is 39.0. The van der Waals surface area contributed by atoms with Crippen molar-refractivity contribution in [2.24, 2.45) is 23.7 Å². The van der Waals surface area contributed by atoms with Crippen molar-refractivity contribution >= 4 is 46.4 Å². The number of hydrazine groups is 1. The van der Waals surface area contributed by atoms with E-state index < -0.39 is 64.5 Å². The number of nitrogens with zero attached hydrogens (tertiary/aromatic N) is 3. The zero-order valence-corrected chi connectivity index (χ0v) is 30.2. The summed E-state index contributed by atoms with van der Waals surface area (Å²) in [4.78, 5) is 62.7. The standard InChI is InChI=1S/C42H33ClF3N3O6/c1-48(38-31(43)17-18-33(47-38)42(44,45)46)49-39(53)27-16-15-25-29(35(27)40(49)54)20-30-37(52)28(22-9-5-3-6-10-22)21-34(51)41(30,23-11-7-4-8-12-23)36(25)26-14-13-24(55-2)19-32(26)50/h3-15,17-19,21,27,29-30,35-36,50H,16,20H2,1-2H3/t27-,29+,30-,35-,36+,41-/m0/s1. The van der Waals surface area contributed by atoms with Crippen LogP contribution in [0, 0.1) is 23.7 Å². The first kappa shape index (κ1) is 36.2. The first-order chi connectivity index (χ1) is 26.3. The van der Waals surface area contributed by atoms with E-state index in [9.17, 15) is 27.9 Å². The van der Waals surface area contributed by atoms with Crippen LogP contribution in [-0.2, 0) is 30.8 Å². The van der Waals surface area contributed by atoms with Gasteiger partial charge in [-0.05, 0) is 54.2 Å². The predicted octanol–water partition coefficient (Wildman–Crippen LogP) is 7.34. The van der Waals surface area contributed by atoms with Gasteiger partial charge in [0.1, 0.15) is 17.2 Å². The molecule has 0 unspecified atom stereocenters. The molecule has 3 aromatic carbocycles. The lowest BCUT2D eigenvalue weighted by molar-refractivity contribution is -0.141. The smallest absolute Gasteiger partial charge is 0.433 e. The summed E-state index contributed by atoms with van der Waals surface area (Å²) in [6.07, 6.45) is -1.58. The van der Waals surface area contributed by atoms with E-state index in [-0.39, 0.29) is 40.8 Å². The number of phenols is 1. The van der Waals surface area contributed by atoms with Crippen LogP contribution in [0.2, 0.25) is 5.02 Å². The number of ether oxygens (including phenoxy) is 1. The van der Waals surface area contributed by atoms with Gasteiger partial charge < -0.3 is 9.84 Å². The number of phenolic OH excluding ortho intramolecular Hbond substituents is 1. The van der Waals surface area contributed by atoms with Crippen molar-refractivity contribution in [2.75, 3.05) is 19.2 Å². The molecular weight excluding hydrogens is 735 g/mol. The molecule has 6 atom stereocenters. The third-order valence-electron chi connectivity index (χ3n) is 11.6. The monoisotopic (exact) mass is 767 g/mol. The van der Waals surface area contributed by atoms with Crippen LogP contribution in [0.15, 0.2) is 109 Å². The number of halogens is 4. The van der Waals surface area contributed by atoms with Gasteiger partial charge in [0.05, 0.1) is 29.4 Å². The highest BCUT2D eigenvalue weighted by molar-refractivity contribution is 6.33. The summed E-state index contributed by atoms with van der Waals surface area (Å²) < 4.78 is 46.5. The number of fused-ring (bicyclic) bond motifs is 4. The quantitative estimate of drug-likeness (QED) is 0.160. The van der Waals surface area contributed by atoms with Crippen LogP contribution in [0.5, 0.6) is 11.5 Å². The molecule has 1 aliphatic heterocycles. The summed E-state index contributed by atoms with van der Waals surface area (Å²) in [7, 11) is 2.69. The summed E-state index contributed by atoms with van der Waals surface area (Å²) in [6, 6.07) is 24.1. The van der Waals surface area contributed by atoms with Crippen LogP contribution in [0.3, 0.4) is 0 Å². The fourth-order valence-electron chi connectivity index (χ4n) is 9.30. The van der Waals surface area contributed by atoms with E-state index >= 15 is 9.59 Å². The van der Waals surface area contributed by atoms with Gasteiger partial charge in [-0.1, -0.05) is 90.0 Å². The van der Waals surface area contributed by atoms with Gasteiger partial charge in [-0.3, -0.25) is 24.2 Å². The molecule has 9 nitrogen and oxygen atoms in total. The van der Waals surface area contributed by atoms with Gasteiger partial charge in [0.25, 0.3) is 11.8 Å². The van der Waals surface area contributed by atoms with Gasteiger partial charge in [-0.25, -0.2) is 4.98 Å². The van der Waals surface area contributed by atoms with Gasteiger partial charge in [-0.15, -0.1) is 0 Å².